The lowest BCUT2D eigenvalue weighted by Crippen LogP contribution is -2.31. The van der Waals surface area contributed by atoms with E-state index in [4.69, 9.17) is 9.84 Å². The van der Waals surface area contributed by atoms with Gasteiger partial charge in [-0.15, -0.1) is 0 Å². The van der Waals surface area contributed by atoms with Crippen molar-refractivity contribution in [3.05, 3.63) is 48.5 Å². The highest BCUT2D eigenvalue weighted by molar-refractivity contribution is 6.09. The molecule has 1 aliphatic carbocycles. The van der Waals surface area contributed by atoms with Crippen LogP contribution in [0.5, 0.6) is 5.75 Å². The number of amides is 2. The molecule has 4 aromatic rings. The van der Waals surface area contributed by atoms with E-state index in [2.05, 4.69) is 15.4 Å². The van der Waals surface area contributed by atoms with Gasteiger partial charge in [-0.2, -0.15) is 10.2 Å². The zero-order valence-electron chi connectivity index (χ0n) is 19.8. The van der Waals surface area contributed by atoms with E-state index < -0.39 is 0 Å². The molecular formula is C25H29N7O3. The van der Waals surface area contributed by atoms with Gasteiger partial charge in [0, 0.05) is 51.5 Å². The van der Waals surface area contributed by atoms with Crippen molar-refractivity contribution < 1.29 is 15.8 Å². The molecule has 1 aromatic carbocycles. The Labute approximate surface area is 203 Å². The van der Waals surface area contributed by atoms with E-state index in [1.54, 1.807) is 36.3 Å². The molecule has 6 rings (SSSR count). The first-order chi connectivity index (χ1) is 16.9. The lowest BCUT2D eigenvalue weighted by atomic mass is 9.72. The van der Waals surface area contributed by atoms with Crippen LogP contribution in [0.25, 0.3) is 16.6 Å². The molecule has 1 saturated heterocycles. The number of nitrogens with zero attached hydrogens (tertiary/aromatic N) is 6. The van der Waals surface area contributed by atoms with E-state index >= 15 is 0 Å². The summed E-state index contributed by atoms with van der Waals surface area (Å²) in [6, 6.07) is 5.69. The fraction of sp³-hybridized carbons (Fsp3) is 0.400. The van der Waals surface area contributed by atoms with Gasteiger partial charge in [0.25, 0.3) is 5.91 Å². The summed E-state index contributed by atoms with van der Waals surface area (Å²) in [5, 5.41) is 12.8. The minimum absolute atomic E-state index is 0. The van der Waals surface area contributed by atoms with Gasteiger partial charge < -0.3 is 15.0 Å². The van der Waals surface area contributed by atoms with Gasteiger partial charge in [0.15, 0.2) is 5.65 Å². The lowest BCUT2D eigenvalue weighted by Gasteiger charge is -2.36. The number of carbonyl (C=O) groups is 2. The minimum atomic E-state index is -0.299. The first kappa shape index (κ1) is 21.6. The maximum Gasteiger partial charge on any atom is 0.259 e. The summed E-state index contributed by atoms with van der Waals surface area (Å²) in [5.74, 6) is 0.414. The van der Waals surface area contributed by atoms with Crippen LogP contribution < -0.4 is 10.1 Å². The molecule has 10 nitrogen and oxygen atoms in total. The van der Waals surface area contributed by atoms with Crippen molar-refractivity contribution in [2.45, 2.75) is 38.1 Å². The summed E-state index contributed by atoms with van der Waals surface area (Å²) >= 11 is 0. The molecule has 0 bridgehead atoms. The van der Waals surface area contributed by atoms with Gasteiger partial charge in [0.1, 0.15) is 11.4 Å². The topological polar surface area (TPSA) is 107 Å². The molecule has 10 heteroatoms. The highest BCUT2D eigenvalue weighted by Gasteiger charge is 2.44. The first-order valence-corrected chi connectivity index (χ1v) is 11.9. The number of benzene rings is 1. The van der Waals surface area contributed by atoms with Crippen molar-refractivity contribution in [3.63, 3.8) is 0 Å². The first-order valence-electron chi connectivity index (χ1n) is 11.9. The number of likely N-dealkylation sites (tertiary alicyclic amines) is 1. The highest BCUT2D eigenvalue weighted by Crippen LogP contribution is 2.47. The third kappa shape index (κ3) is 3.69. The quantitative estimate of drug-likeness (QED) is 0.484. The van der Waals surface area contributed by atoms with Crippen molar-refractivity contribution in [2.24, 2.45) is 5.41 Å². The summed E-state index contributed by atoms with van der Waals surface area (Å²) in [7, 11) is 3.45. The van der Waals surface area contributed by atoms with Crippen LogP contribution >= 0.6 is 0 Å². The van der Waals surface area contributed by atoms with Gasteiger partial charge in [-0.3, -0.25) is 14.3 Å². The molecule has 182 valence electrons. The highest BCUT2D eigenvalue weighted by atomic mass is 16.5. The predicted molar refractivity (Wildman–Crippen MR) is 132 cm³/mol. The normalized spacial score (nSPS) is 22.4. The van der Waals surface area contributed by atoms with Crippen molar-refractivity contribution in [1.82, 2.24) is 29.3 Å². The summed E-state index contributed by atoms with van der Waals surface area (Å²) in [6.07, 6.45) is 11.7. The Kier molecular flexibility index (Phi) is 4.98. The summed E-state index contributed by atoms with van der Waals surface area (Å²) in [5.41, 5.74) is 2.42. The largest absolute Gasteiger partial charge is 0.496 e. The van der Waals surface area contributed by atoms with Crippen LogP contribution in [-0.2, 0) is 4.79 Å². The van der Waals surface area contributed by atoms with Gasteiger partial charge in [-0.25, -0.2) is 9.50 Å². The fourth-order valence-corrected chi connectivity index (χ4v) is 5.63. The molecule has 2 amide bonds. The molecule has 1 saturated carbocycles. The molecule has 3 aromatic heterocycles. The standard InChI is InChI=1S/C25H27N7O3.H2/c1-30-15-25(12-22(30)33)6-4-17(5-7-25)32-14-16-10-18(21(35-2)11-19(16)29-32)24(34)28-20-13-27-31-9-3-8-26-23(20)31;/h3,8-11,13-14,17H,4-7,12,15H2,1-2H3,(H,28,34);1H. The number of nitrogens with one attached hydrogen (secondary N) is 1. The van der Waals surface area contributed by atoms with Crippen LogP contribution in [0.1, 0.15) is 49.9 Å². The van der Waals surface area contributed by atoms with Gasteiger partial charge in [-0.05, 0) is 43.2 Å². The van der Waals surface area contributed by atoms with E-state index in [1.807, 2.05) is 35.0 Å². The molecule has 0 unspecified atom stereocenters. The zero-order valence-corrected chi connectivity index (χ0v) is 19.8. The third-order valence-electron chi connectivity index (χ3n) is 7.53. The number of aromatic nitrogens is 5. The average molecular weight is 476 g/mol. The Morgan fingerprint density at radius 3 is 2.86 bits per heavy atom. The van der Waals surface area contributed by atoms with Gasteiger partial charge in [0.05, 0.1) is 30.4 Å². The molecule has 2 aliphatic rings. The molecule has 0 radical (unpaired) electrons. The Bertz CT molecular complexity index is 1450. The summed E-state index contributed by atoms with van der Waals surface area (Å²) < 4.78 is 9.16. The van der Waals surface area contributed by atoms with Crippen molar-refractivity contribution >= 4 is 34.1 Å². The van der Waals surface area contributed by atoms with E-state index in [1.165, 1.54) is 0 Å². The average Bonchev–Trinajstić information content (AvgIpc) is 3.54. The molecule has 1 aliphatic heterocycles. The van der Waals surface area contributed by atoms with Crippen LogP contribution in [0.15, 0.2) is 43.0 Å². The number of ether oxygens (including phenoxy) is 1. The van der Waals surface area contributed by atoms with E-state index in [-0.39, 0.29) is 24.7 Å². The fourth-order valence-electron chi connectivity index (χ4n) is 5.63. The number of fused-ring (bicyclic) bond motifs is 2. The SMILES string of the molecule is COc1cc2nn(C3CCC4(CC3)CC(=O)N(C)C4)cc2cc1C(=O)Nc1cnn2cccnc12.[HH]. The summed E-state index contributed by atoms with van der Waals surface area (Å²) in [6.45, 7) is 0.859. The maximum atomic E-state index is 13.2. The van der Waals surface area contributed by atoms with Crippen molar-refractivity contribution in [3.8, 4) is 5.75 Å². The minimum Gasteiger partial charge on any atom is -0.496 e. The maximum absolute atomic E-state index is 13.2. The van der Waals surface area contributed by atoms with E-state index in [9.17, 15) is 9.59 Å². The number of hydrogen-bond donors (Lipinski definition) is 1. The number of methoxy groups -OCH3 is 1. The van der Waals surface area contributed by atoms with E-state index in [0.29, 0.717) is 29.1 Å². The Morgan fingerprint density at radius 1 is 1.29 bits per heavy atom. The number of rotatable bonds is 4. The molecule has 1 spiro atoms. The summed E-state index contributed by atoms with van der Waals surface area (Å²) in [4.78, 5) is 31.4. The monoisotopic (exact) mass is 475 g/mol. The van der Waals surface area contributed by atoms with Gasteiger partial charge >= 0.3 is 0 Å². The van der Waals surface area contributed by atoms with Gasteiger partial charge in [-0.1, -0.05) is 0 Å². The van der Waals surface area contributed by atoms with Crippen LogP contribution in [0.2, 0.25) is 0 Å². The molecule has 35 heavy (non-hydrogen) atoms. The van der Waals surface area contributed by atoms with Crippen molar-refractivity contribution in [2.75, 3.05) is 26.0 Å². The second-order valence-electron chi connectivity index (χ2n) is 9.78. The Morgan fingerprint density at radius 2 is 2.11 bits per heavy atom. The Balaban J connectivity index is 0.00000267. The number of carbonyl (C=O) groups excluding carboxylic acids is 2. The molecule has 4 heterocycles. The van der Waals surface area contributed by atoms with E-state index in [0.717, 1.165) is 43.1 Å². The third-order valence-corrected chi connectivity index (χ3v) is 7.53. The number of anilines is 1. The smallest absolute Gasteiger partial charge is 0.259 e. The molecular weight excluding hydrogens is 446 g/mol. The molecule has 1 N–H and O–H groups in total. The van der Waals surface area contributed by atoms with Crippen LogP contribution in [-0.4, -0.2) is 61.8 Å². The lowest BCUT2D eigenvalue weighted by molar-refractivity contribution is -0.126. The predicted octanol–water partition coefficient (Wildman–Crippen LogP) is 3.55. The Hall–Kier alpha value is -3.95. The van der Waals surface area contributed by atoms with Gasteiger partial charge in [0.2, 0.25) is 5.91 Å². The molecule has 2 fully saturated rings. The van der Waals surface area contributed by atoms with Crippen molar-refractivity contribution in [1.29, 1.82) is 0 Å². The van der Waals surface area contributed by atoms with Crippen LogP contribution in [0.3, 0.4) is 0 Å². The zero-order chi connectivity index (χ0) is 24.2. The number of hydrogen-bond acceptors (Lipinski definition) is 6. The molecule has 0 atom stereocenters. The van der Waals surface area contributed by atoms with Crippen LogP contribution in [0, 0.1) is 5.41 Å². The second kappa shape index (κ2) is 8.07. The second-order valence-corrected chi connectivity index (χ2v) is 9.78. The van der Waals surface area contributed by atoms with Crippen LogP contribution in [0.4, 0.5) is 5.69 Å².